The summed E-state index contributed by atoms with van der Waals surface area (Å²) in [4.78, 5) is 60.3. The second-order valence-electron chi connectivity index (χ2n) is 7.62. The molecule has 4 atom stereocenters. The number of carboxylic acids is 1. The molecule has 0 aromatic heterocycles. The Labute approximate surface area is 201 Å². The van der Waals surface area contributed by atoms with Crippen LogP contribution in [-0.4, -0.2) is 76.0 Å². The molecule has 0 aliphatic rings. The van der Waals surface area contributed by atoms with Gasteiger partial charge in [-0.15, -0.1) is 0 Å². The number of benzene rings is 1. The first-order chi connectivity index (χ1) is 15.9. The van der Waals surface area contributed by atoms with Gasteiger partial charge in [-0.05, 0) is 43.0 Å². The first-order valence-electron chi connectivity index (χ1n) is 10.4. The van der Waals surface area contributed by atoms with Gasteiger partial charge in [0.15, 0.2) is 0 Å². The summed E-state index contributed by atoms with van der Waals surface area (Å²) in [5.74, 6) is -3.80. The van der Waals surface area contributed by atoms with Gasteiger partial charge in [0.2, 0.25) is 23.6 Å². The van der Waals surface area contributed by atoms with Gasteiger partial charge in [0, 0.05) is 6.42 Å². The molecule has 0 saturated carbocycles. The predicted molar refractivity (Wildman–Crippen MR) is 126 cm³/mol. The number of nitrogens with two attached hydrogens (primary N) is 2. The number of carbonyl (C=O) groups excluding carboxylic acids is 4. The van der Waals surface area contributed by atoms with Gasteiger partial charge in [-0.25, -0.2) is 4.79 Å². The van der Waals surface area contributed by atoms with Crippen LogP contribution in [0.1, 0.15) is 25.3 Å². The number of rotatable bonds is 14. The molecular weight excluding hydrogens is 466 g/mol. The van der Waals surface area contributed by atoms with Gasteiger partial charge in [0.25, 0.3) is 0 Å². The number of nitrogens with one attached hydrogen (secondary N) is 3. The summed E-state index contributed by atoms with van der Waals surface area (Å²) in [6.07, 6.45) is 1.63. The van der Waals surface area contributed by atoms with Gasteiger partial charge in [-0.2, -0.15) is 11.8 Å². The second-order valence-corrected chi connectivity index (χ2v) is 8.61. The minimum absolute atomic E-state index is 0.0128. The molecule has 9 N–H and O–H groups in total. The van der Waals surface area contributed by atoms with Gasteiger partial charge in [-0.3, -0.25) is 19.2 Å². The first-order valence-corrected chi connectivity index (χ1v) is 11.8. The highest BCUT2D eigenvalue weighted by atomic mass is 32.2. The Balaban J connectivity index is 2.78. The Bertz CT molecular complexity index is 881. The Hall–Kier alpha value is -3.32. The van der Waals surface area contributed by atoms with Crippen molar-refractivity contribution in [2.75, 3.05) is 12.0 Å². The van der Waals surface area contributed by atoms with Gasteiger partial charge in [0.1, 0.15) is 23.9 Å². The molecule has 0 aliphatic heterocycles. The molecular formula is C21H31N5O7S. The molecule has 12 nitrogen and oxygen atoms in total. The van der Waals surface area contributed by atoms with Gasteiger partial charge in [-0.1, -0.05) is 12.1 Å². The molecule has 0 aliphatic carbocycles. The standard InChI is InChI=1S/C21H31N5O7S/c1-11(18(29)26-16(21(32)33)9-12-3-5-13(27)6-4-12)24-20(31)15(10-17(23)28)25-19(30)14(22)7-8-34-2/h3-6,11,14-16,27H,7-10,22H2,1-2H3,(H2,23,28)(H,24,31)(H,25,30)(H,26,29)(H,32,33). The Morgan fingerprint density at radius 3 is 2.09 bits per heavy atom. The van der Waals surface area contributed by atoms with E-state index < -0.39 is 60.2 Å². The maximum Gasteiger partial charge on any atom is 0.326 e. The van der Waals surface area contributed by atoms with Crippen LogP contribution in [0, 0.1) is 0 Å². The van der Waals surface area contributed by atoms with Crippen LogP contribution in [0.2, 0.25) is 0 Å². The summed E-state index contributed by atoms with van der Waals surface area (Å²) in [6.45, 7) is 1.32. The van der Waals surface area contributed by atoms with Crippen LogP contribution in [-0.2, 0) is 30.4 Å². The molecule has 34 heavy (non-hydrogen) atoms. The van der Waals surface area contributed by atoms with E-state index in [0.717, 1.165) is 0 Å². The van der Waals surface area contributed by atoms with Crippen LogP contribution >= 0.6 is 11.8 Å². The zero-order valence-electron chi connectivity index (χ0n) is 18.9. The number of hydrogen-bond acceptors (Lipinski definition) is 8. The molecule has 0 saturated heterocycles. The number of aromatic hydroxyl groups is 1. The monoisotopic (exact) mass is 497 g/mol. The highest BCUT2D eigenvalue weighted by molar-refractivity contribution is 7.98. The fourth-order valence-corrected chi connectivity index (χ4v) is 3.30. The molecule has 4 unspecified atom stereocenters. The van der Waals surface area contributed by atoms with Crippen molar-refractivity contribution in [3.05, 3.63) is 29.8 Å². The number of aliphatic carboxylic acids is 1. The van der Waals surface area contributed by atoms with Gasteiger partial charge < -0.3 is 37.6 Å². The number of phenols is 1. The van der Waals surface area contributed by atoms with E-state index in [1.54, 1.807) is 0 Å². The molecule has 1 aromatic carbocycles. The molecule has 13 heteroatoms. The molecule has 0 fully saturated rings. The molecule has 0 bridgehead atoms. The second kappa shape index (κ2) is 14.1. The fraction of sp³-hybridized carbons (Fsp3) is 0.476. The zero-order chi connectivity index (χ0) is 25.8. The van der Waals surface area contributed by atoms with Crippen molar-refractivity contribution in [2.45, 2.75) is 50.4 Å². The third kappa shape index (κ3) is 10.1. The SMILES string of the molecule is CSCCC(N)C(=O)NC(CC(N)=O)C(=O)NC(C)C(=O)NC(Cc1ccc(O)cc1)C(=O)O. The lowest BCUT2D eigenvalue weighted by molar-refractivity contribution is -0.142. The summed E-state index contributed by atoms with van der Waals surface area (Å²) in [6, 6.07) is 1.07. The van der Waals surface area contributed by atoms with Gasteiger partial charge in [0.05, 0.1) is 12.5 Å². The number of thioether (sulfide) groups is 1. The topological polar surface area (TPSA) is 214 Å². The zero-order valence-corrected chi connectivity index (χ0v) is 19.8. The molecule has 0 spiro atoms. The highest BCUT2D eigenvalue weighted by Crippen LogP contribution is 2.11. The lowest BCUT2D eigenvalue weighted by atomic mass is 10.1. The van der Waals surface area contributed by atoms with E-state index >= 15 is 0 Å². The van der Waals surface area contributed by atoms with Crippen LogP contribution in [0.25, 0.3) is 0 Å². The van der Waals surface area contributed by atoms with E-state index in [1.807, 2.05) is 6.26 Å². The summed E-state index contributed by atoms with van der Waals surface area (Å²) in [5, 5.41) is 25.8. The average molecular weight is 498 g/mol. The fourth-order valence-electron chi connectivity index (χ4n) is 2.81. The van der Waals surface area contributed by atoms with Crippen LogP contribution in [0.5, 0.6) is 5.75 Å². The Morgan fingerprint density at radius 2 is 1.56 bits per heavy atom. The van der Waals surface area contributed by atoms with E-state index in [9.17, 15) is 34.2 Å². The van der Waals surface area contributed by atoms with E-state index in [2.05, 4.69) is 16.0 Å². The van der Waals surface area contributed by atoms with Crippen LogP contribution < -0.4 is 27.4 Å². The number of carboxylic acid groups (broad SMARTS) is 1. The normalized spacial score (nSPS) is 14.2. The number of phenolic OH excluding ortho intramolecular Hbond substituents is 1. The van der Waals surface area contributed by atoms with E-state index in [1.165, 1.54) is 43.0 Å². The van der Waals surface area contributed by atoms with E-state index in [4.69, 9.17) is 11.5 Å². The van der Waals surface area contributed by atoms with E-state index in [-0.39, 0.29) is 12.2 Å². The van der Waals surface area contributed by atoms with E-state index in [0.29, 0.717) is 17.7 Å². The Morgan fingerprint density at radius 1 is 0.971 bits per heavy atom. The smallest absolute Gasteiger partial charge is 0.326 e. The van der Waals surface area contributed by atoms with Gasteiger partial charge >= 0.3 is 5.97 Å². The highest BCUT2D eigenvalue weighted by Gasteiger charge is 2.29. The van der Waals surface area contributed by atoms with Crippen molar-refractivity contribution in [1.82, 2.24) is 16.0 Å². The van der Waals surface area contributed by atoms with Crippen LogP contribution in [0.4, 0.5) is 0 Å². The van der Waals surface area contributed by atoms with Crippen LogP contribution in [0.15, 0.2) is 24.3 Å². The lowest BCUT2D eigenvalue weighted by Gasteiger charge is -2.23. The molecule has 0 heterocycles. The third-order valence-corrected chi connectivity index (χ3v) is 5.39. The van der Waals surface area contributed by atoms with Crippen molar-refractivity contribution >= 4 is 41.4 Å². The van der Waals surface area contributed by atoms with Crippen molar-refractivity contribution in [3.8, 4) is 5.75 Å². The Kier molecular flexibility index (Phi) is 11.9. The minimum Gasteiger partial charge on any atom is -0.508 e. The third-order valence-electron chi connectivity index (χ3n) is 4.75. The molecule has 188 valence electrons. The summed E-state index contributed by atoms with van der Waals surface area (Å²) in [5.41, 5.74) is 11.5. The minimum atomic E-state index is -1.35. The van der Waals surface area contributed by atoms with Crippen molar-refractivity contribution in [1.29, 1.82) is 0 Å². The van der Waals surface area contributed by atoms with Crippen molar-refractivity contribution < 1.29 is 34.2 Å². The summed E-state index contributed by atoms with van der Waals surface area (Å²) in [7, 11) is 0. The number of primary amides is 1. The van der Waals surface area contributed by atoms with Crippen LogP contribution in [0.3, 0.4) is 0 Å². The quantitative estimate of drug-likeness (QED) is 0.158. The molecule has 1 rings (SSSR count). The maximum atomic E-state index is 12.6. The van der Waals surface area contributed by atoms with Crippen molar-refractivity contribution in [3.63, 3.8) is 0 Å². The number of hydrogen-bond donors (Lipinski definition) is 7. The summed E-state index contributed by atoms with van der Waals surface area (Å²) >= 11 is 1.49. The molecule has 4 amide bonds. The molecule has 0 radical (unpaired) electrons. The predicted octanol–water partition coefficient (Wildman–Crippen LogP) is -1.55. The lowest BCUT2D eigenvalue weighted by Crippen LogP contribution is -2.57. The maximum absolute atomic E-state index is 12.6. The van der Waals surface area contributed by atoms with Crippen molar-refractivity contribution in [2.24, 2.45) is 11.5 Å². The largest absolute Gasteiger partial charge is 0.508 e. The number of carbonyl (C=O) groups is 5. The first kappa shape index (κ1) is 28.7. The average Bonchev–Trinajstić information content (AvgIpc) is 2.77. The summed E-state index contributed by atoms with van der Waals surface area (Å²) < 4.78 is 0. The molecule has 1 aromatic rings. The number of amides is 4.